The summed E-state index contributed by atoms with van der Waals surface area (Å²) in [5, 5.41) is 20.5. The number of rotatable bonds is 4. The number of hydrogen-bond donors (Lipinski definition) is 2. The third-order valence-electron chi connectivity index (χ3n) is 8.18. The van der Waals surface area contributed by atoms with E-state index in [0.717, 1.165) is 0 Å². The number of likely N-dealkylation sites (tertiary alicyclic amines) is 2. The summed E-state index contributed by atoms with van der Waals surface area (Å²) >= 11 is 0. The molecular formula is C24H42N2O4. The Balaban J connectivity index is 2.63. The summed E-state index contributed by atoms with van der Waals surface area (Å²) in [4.78, 5) is 29.6. The average molecular weight is 423 g/mol. The highest BCUT2D eigenvalue weighted by molar-refractivity contribution is 5.99. The maximum absolute atomic E-state index is 12.5. The minimum absolute atomic E-state index is 0.123. The van der Waals surface area contributed by atoms with Gasteiger partial charge < -0.3 is 10.2 Å². The van der Waals surface area contributed by atoms with Gasteiger partial charge >= 0.3 is 11.9 Å². The molecule has 0 atom stereocenters. The predicted octanol–water partition coefficient (Wildman–Crippen LogP) is 4.25. The highest BCUT2D eigenvalue weighted by Crippen LogP contribution is 2.48. The van der Waals surface area contributed by atoms with Crippen LogP contribution in [0.5, 0.6) is 0 Å². The van der Waals surface area contributed by atoms with E-state index in [1.807, 2.05) is 0 Å². The largest absolute Gasteiger partial charge is 0.478 e. The summed E-state index contributed by atoms with van der Waals surface area (Å²) in [6.45, 7) is 16.9. The lowest BCUT2D eigenvalue weighted by Gasteiger charge is -2.55. The molecule has 0 aliphatic carbocycles. The van der Waals surface area contributed by atoms with Gasteiger partial charge in [0.2, 0.25) is 0 Å². The van der Waals surface area contributed by atoms with Crippen LogP contribution in [-0.4, -0.2) is 68.2 Å². The van der Waals surface area contributed by atoms with Crippen LogP contribution in [0.2, 0.25) is 0 Å². The van der Waals surface area contributed by atoms with Gasteiger partial charge in [0.25, 0.3) is 0 Å². The minimum Gasteiger partial charge on any atom is -0.478 e. The Morgan fingerprint density at radius 3 is 0.967 bits per heavy atom. The second-order valence-electron chi connectivity index (χ2n) is 12.0. The molecule has 2 fully saturated rings. The van der Waals surface area contributed by atoms with E-state index in [1.54, 1.807) is 0 Å². The zero-order chi connectivity index (χ0) is 23.4. The first-order chi connectivity index (χ1) is 13.3. The maximum Gasteiger partial charge on any atom is 0.332 e. The molecule has 2 aliphatic rings. The van der Waals surface area contributed by atoms with Gasteiger partial charge in [-0.15, -0.1) is 0 Å². The number of piperidine rings is 2. The molecule has 2 N–H and O–H groups in total. The van der Waals surface area contributed by atoms with Crippen LogP contribution in [0.15, 0.2) is 11.1 Å². The normalized spacial score (nSPS) is 28.1. The zero-order valence-corrected chi connectivity index (χ0v) is 20.6. The molecule has 0 saturated carbocycles. The standard InChI is InChI=1S/C24H42N2O4/c1-21(2)11-15(12-22(3,4)25(21)9)17(19(27)28)18(20(29)30)16-13-23(5,6)26(10)24(7,8)14-16/h15-16H,11-14H2,1-10H3,(H,27,28)(H,29,30)/b18-17-. The van der Waals surface area contributed by atoms with E-state index in [4.69, 9.17) is 0 Å². The Kier molecular flexibility index (Phi) is 6.32. The van der Waals surface area contributed by atoms with Crippen LogP contribution in [0.1, 0.15) is 81.1 Å². The molecule has 0 spiro atoms. The molecule has 2 saturated heterocycles. The van der Waals surface area contributed by atoms with E-state index in [-0.39, 0.29) is 45.1 Å². The van der Waals surface area contributed by atoms with Gasteiger partial charge in [0.05, 0.1) is 11.1 Å². The van der Waals surface area contributed by atoms with Crippen LogP contribution in [0.3, 0.4) is 0 Å². The molecule has 30 heavy (non-hydrogen) atoms. The van der Waals surface area contributed by atoms with Gasteiger partial charge in [-0.25, -0.2) is 9.59 Å². The lowest BCUT2D eigenvalue weighted by Crippen LogP contribution is -2.60. The number of carbonyl (C=O) groups is 2. The van der Waals surface area contributed by atoms with E-state index in [2.05, 4.69) is 79.3 Å². The van der Waals surface area contributed by atoms with Crippen molar-refractivity contribution < 1.29 is 19.8 Å². The summed E-state index contributed by atoms with van der Waals surface area (Å²) in [5.74, 6) is -2.74. The molecule has 0 unspecified atom stereocenters. The molecule has 172 valence electrons. The summed E-state index contributed by atoms with van der Waals surface area (Å²) in [6, 6.07) is 0. The number of carboxylic acids is 2. The zero-order valence-electron chi connectivity index (χ0n) is 20.6. The second-order valence-corrected chi connectivity index (χ2v) is 12.0. The molecule has 0 aromatic heterocycles. The van der Waals surface area contributed by atoms with Crippen molar-refractivity contribution in [1.29, 1.82) is 0 Å². The summed E-state index contributed by atoms with van der Waals surface area (Å²) in [7, 11) is 4.14. The minimum atomic E-state index is -1.08. The molecule has 0 aromatic rings. The second kappa shape index (κ2) is 7.63. The van der Waals surface area contributed by atoms with Crippen LogP contribution < -0.4 is 0 Å². The Hall–Kier alpha value is -1.40. The van der Waals surface area contributed by atoms with Crippen molar-refractivity contribution in [3.05, 3.63) is 11.1 Å². The first-order valence-corrected chi connectivity index (χ1v) is 11.0. The molecule has 2 aliphatic heterocycles. The van der Waals surface area contributed by atoms with Crippen molar-refractivity contribution >= 4 is 11.9 Å². The quantitative estimate of drug-likeness (QED) is 0.659. The van der Waals surface area contributed by atoms with E-state index in [9.17, 15) is 19.8 Å². The summed E-state index contributed by atoms with van der Waals surface area (Å²) < 4.78 is 0. The van der Waals surface area contributed by atoms with Crippen molar-refractivity contribution in [2.45, 2.75) is 103 Å². The van der Waals surface area contributed by atoms with Crippen LogP contribution >= 0.6 is 0 Å². The fraction of sp³-hybridized carbons (Fsp3) is 0.833. The Morgan fingerprint density at radius 1 is 0.600 bits per heavy atom. The van der Waals surface area contributed by atoms with Gasteiger partial charge in [-0.2, -0.15) is 0 Å². The highest BCUT2D eigenvalue weighted by Gasteiger charge is 2.49. The van der Waals surface area contributed by atoms with Gasteiger partial charge in [0, 0.05) is 22.2 Å². The Bertz CT molecular complexity index is 650. The predicted molar refractivity (Wildman–Crippen MR) is 120 cm³/mol. The first kappa shape index (κ1) is 24.9. The van der Waals surface area contributed by atoms with E-state index >= 15 is 0 Å². The number of hydrogen-bond acceptors (Lipinski definition) is 4. The molecule has 0 amide bonds. The summed E-state index contributed by atoms with van der Waals surface area (Å²) in [6.07, 6.45) is 2.52. The molecular weight excluding hydrogens is 380 g/mol. The molecule has 0 aromatic carbocycles. The Morgan fingerprint density at radius 2 is 0.800 bits per heavy atom. The van der Waals surface area contributed by atoms with Gasteiger partial charge in [0.1, 0.15) is 0 Å². The molecule has 6 nitrogen and oxygen atoms in total. The van der Waals surface area contributed by atoms with Gasteiger partial charge in [-0.1, -0.05) is 0 Å². The molecule has 2 rings (SSSR count). The molecule has 6 heteroatoms. The van der Waals surface area contributed by atoms with E-state index in [0.29, 0.717) is 25.7 Å². The average Bonchev–Trinajstić information content (AvgIpc) is 2.53. The van der Waals surface area contributed by atoms with Gasteiger partial charge in [0.15, 0.2) is 0 Å². The third kappa shape index (κ3) is 4.45. The molecule has 0 bridgehead atoms. The van der Waals surface area contributed by atoms with Crippen LogP contribution in [0.25, 0.3) is 0 Å². The van der Waals surface area contributed by atoms with Crippen molar-refractivity contribution in [2.75, 3.05) is 14.1 Å². The van der Waals surface area contributed by atoms with E-state index in [1.165, 1.54) is 0 Å². The summed E-state index contributed by atoms with van der Waals surface area (Å²) in [5.41, 5.74) is -0.635. The lowest BCUT2D eigenvalue weighted by molar-refractivity contribution is -0.138. The fourth-order valence-electron chi connectivity index (χ4n) is 6.17. The van der Waals surface area contributed by atoms with Crippen molar-refractivity contribution in [3.63, 3.8) is 0 Å². The first-order valence-electron chi connectivity index (χ1n) is 11.0. The Labute approximate surface area is 182 Å². The van der Waals surface area contributed by atoms with Crippen LogP contribution in [0.4, 0.5) is 0 Å². The monoisotopic (exact) mass is 422 g/mol. The fourth-order valence-corrected chi connectivity index (χ4v) is 6.17. The van der Waals surface area contributed by atoms with Crippen LogP contribution in [0, 0.1) is 11.8 Å². The highest BCUT2D eigenvalue weighted by atomic mass is 16.4. The van der Waals surface area contributed by atoms with Crippen molar-refractivity contribution in [3.8, 4) is 0 Å². The maximum atomic E-state index is 12.5. The van der Waals surface area contributed by atoms with Crippen molar-refractivity contribution in [1.82, 2.24) is 9.80 Å². The molecule has 0 radical (unpaired) electrons. The van der Waals surface area contributed by atoms with Crippen LogP contribution in [-0.2, 0) is 9.59 Å². The number of carboxylic acid groups (broad SMARTS) is 2. The molecule has 2 heterocycles. The lowest BCUT2D eigenvalue weighted by atomic mass is 9.66. The third-order valence-corrected chi connectivity index (χ3v) is 8.18. The number of nitrogens with zero attached hydrogens (tertiary/aromatic N) is 2. The SMILES string of the molecule is CN1C(C)(C)CC(/C(C(=O)O)=C(/C(=O)O)C2CC(C)(C)N(C)C(C)(C)C2)CC1(C)C. The topological polar surface area (TPSA) is 81.1 Å². The van der Waals surface area contributed by atoms with Gasteiger partial charge in [-0.05, 0) is 107 Å². The van der Waals surface area contributed by atoms with E-state index < -0.39 is 11.9 Å². The van der Waals surface area contributed by atoms with Crippen molar-refractivity contribution in [2.24, 2.45) is 11.8 Å². The van der Waals surface area contributed by atoms with Gasteiger partial charge in [-0.3, -0.25) is 9.80 Å². The smallest absolute Gasteiger partial charge is 0.332 e. The number of aliphatic carboxylic acids is 2.